The minimum atomic E-state index is -1.68. The van der Waals surface area contributed by atoms with E-state index in [1.54, 1.807) is 45.0 Å². The number of hydrogen-bond acceptors (Lipinski definition) is 4. The van der Waals surface area contributed by atoms with Crippen LogP contribution in [0.3, 0.4) is 0 Å². The van der Waals surface area contributed by atoms with Crippen LogP contribution in [0.15, 0.2) is 28.7 Å². The van der Waals surface area contributed by atoms with Crippen LogP contribution in [0.2, 0.25) is 0 Å². The zero-order valence-corrected chi connectivity index (χ0v) is 14.3. The molecule has 0 aromatic heterocycles. The molecule has 1 aliphatic heterocycles. The van der Waals surface area contributed by atoms with Crippen molar-refractivity contribution in [3.05, 3.63) is 34.3 Å². The average Bonchev–Trinajstić information content (AvgIpc) is 2.42. The van der Waals surface area contributed by atoms with E-state index in [9.17, 15) is 14.4 Å². The largest absolute Gasteiger partial charge is 0.443 e. The van der Waals surface area contributed by atoms with Crippen LogP contribution in [0.4, 0.5) is 4.79 Å². The lowest BCUT2D eigenvalue weighted by Gasteiger charge is -2.31. The standard InChI is InChI=1S/C16H18BrNO4/c1-16(2,3)22-15(21)18-13(19)9-8-12(14(18)20)10-4-6-11(17)7-5-10/h4-7,12H,8-9H2,1-3H3/i12D. The Labute approximate surface area is 139 Å². The fourth-order valence-electron chi connectivity index (χ4n) is 2.11. The molecule has 1 aromatic carbocycles. The number of imide groups is 3. The summed E-state index contributed by atoms with van der Waals surface area (Å²) in [6, 6.07) is 6.70. The van der Waals surface area contributed by atoms with E-state index in [0.717, 1.165) is 4.47 Å². The minimum absolute atomic E-state index is 0.0333. The highest BCUT2D eigenvalue weighted by molar-refractivity contribution is 9.10. The van der Waals surface area contributed by atoms with Gasteiger partial charge in [-0.1, -0.05) is 28.1 Å². The molecule has 1 aromatic rings. The Hall–Kier alpha value is -1.69. The maximum absolute atomic E-state index is 12.7. The van der Waals surface area contributed by atoms with Crippen LogP contribution in [-0.2, 0) is 14.3 Å². The van der Waals surface area contributed by atoms with Crippen molar-refractivity contribution < 1.29 is 20.5 Å². The lowest BCUT2D eigenvalue weighted by atomic mass is 9.89. The summed E-state index contributed by atoms with van der Waals surface area (Å²) in [6.07, 6.45) is -1.06. The van der Waals surface area contributed by atoms with Gasteiger partial charge in [0.15, 0.2) is 0 Å². The molecule has 1 atom stereocenters. The first-order valence-corrected chi connectivity index (χ1v) is 7.70. The number of hydrogen-bond donors (Lipinski definition) is 0. The first-order valence-electron chi connectivity index (χ1n) is 7.41. The summed E-state index contributed by atoms with van der Waals surface area (Å²) in [5, 5.41) is 0. The van der Waals surface area contributed by atoms with Gasteiger partial charge >= 0.3 is 6.09 Å². The molecule has 0 aliphatic carbocycles. The smallest absolute Gasteiger partial charge is 0.424 e. The van der Waals surface area contributed by atoms with E-state index in [2.05, 4.69) is 15.9 Å². The second-order valence-electron chi connectivity index (χ2n) is 6.00. The van der Waals surface area contributed by atoms with E-state index in [1.165, 1.54) is 0 Å². The number of halogens is 1. The minimum Gasteiger partial charge on any atom is -0.443 e. The third kappa shape index (κ3) is 3.74. The van der Waals surface area contributed by atoms with Crippen LogP contribution in [0.1, 0.15) is 46.4 Å². The molecule has 0 spiro atoms. The van der Waals surface area contributed by atoms with Gasteiger partial charge in [0.2, 0.25) is 11.8 Å². The molecule has 1 unspecified atom stereocenters. The zero-order chi connectivity index (χ0) is 17.4. The van der Waals surface area contributed by atoms with Crippen molar-refractivity contribution in [2.24, 2.45) is 0 Å². The molecule has 0 radical (unpaired) electrons. The van der Waals surface area contributed by atoms with Crippen molar-refractivity contribution in [2.75, 3.05) is 0 Å². The van der Waals surface area contributed by atoms with Crippen molar-refractivity contribution in [3.63, 3.8) is 0 Å². The maximum Gasteiger partial charge on any atom is 0.424 e. The van der Waals surface area contributed by atoms with Crippen LogP contribution < -0.4 is 0 Å². The molecular weight excluding hydrogens is 350 g/mol. The molecule has 1 fully saturated rings. The van der Waals surface area contributed by atoms with Crippen LogP contribution in [0, 0.1) is 0 Å². The molecule has 0 N–H and O–H groups in total. The Bertz CT molecular complexity index is 653. The molecule has 5 nitrogen and oxygen atoms in total. The van der Waals surface area contributed by atoms with Crippen molar-refractivity contribution in [2.45, 2.75) is 45.1 Å². The molecular formula is C16H18BrNO4. The lowest BCUT2D eigenvalue weighted by Crippen LogP contribution is -2.49. The Morgan fingerprint density at radius 1 is 1.32 bits per heavy atom. The Morgan fingerprint density at radius 3 is 2.45 bits per heavy atom. The molecule has 0 saturated carbocycles. The number of ether oxygens (including phenoxy) is 1. The average molecular weight is 369 g/mol. The maximum atomic E-state index is 12.7. The van der Waals surface area contributed by atoms with Gasteiger partial charge in [0, 0.05) is 12.3 Å². The van der Waals surface area contributed by atoms with Crippen LogP contribution in [0.25, 0.3) is 0 Å². The first kappa shape index (κ1) is 15.2. The van der Waals surface area contributed by atoms with Crippen LogP contribution >= 0.6 is 15.9 Å². The van der Waals surface area contributed by atoms with Gasteiger partial charge in [-0.05, 0) is 44.9 Å². The summed E-state index contributed by atoms with van der Waals surface area (Å²) in [6.45, 7) is 4.94. The fourth-order valence-corrected chi connectivity index (χ4v) is 2.37. The fraction of sp³-hybridized carbons (Fsp3) is 0.438. The highest BCUT2D eigenvalue weighted by Crippen LogP contribution is 2.30. The normalized spacial score (nSPS) is 23.3. The third-order valence-electron chi connectivity index (χ3n) is 3.07. The number of piperidine rings is 1. The van der Waals surface area contributed by atoms with E-state index >= 15 is 0 Å². The summed E-state index contributed by atoms with van der Waals surface area (Å²) in [7, 11) is 0. The van der Waals surface area contributed by atoms with E-state index in [4.69, 9.17) is 6.11 Å². The van der Waals surface area contributed by atoms with Crippen molar-refractivity contribution >= 4 is 33.8 Å². The van der Waals surface area contributed by atoms with E-state index in [-0.39, 0.29) is 12.8 Å². The summed E-state index contributed by atoms with van der Waals surface area (Å²) >= 11 is 3.30. The van der Waals surface area contributed by atoms with Gasteiger partial charge in [0.25, 0.3) is 0 Å². The summed E-state index contributed by atoms with van der Waals surface area (Å²) in [4.78, 5) is 37.3. The van der Waals surface area contributed by atoms with Gasteiger partial charge in [-0.15, -0.1) is 0 Å². The van der Waals surface area contributed by atoms with Crippen molar-refractivity contribution in [1.82, 2.24) is 4.90 Å². The van der Waals surface area contributed by atoms with E-state index in [1.807, 2.05) is 0 Å². The highest BCUT2D eigenvalue weighted by atomic mass is 79.9. The molecule has 1 heterocycles. The summed E-state index contributed by atoms with van der Waals surface area (Å²) < 4.78 is 14.5. The number of carbonyl (C=O) groups excluding carboxylic acids is 3. The predicted octanol–water partition coefficient (Wildman–Crippen LogP) is 3.62. The number of nitrogens with zero attached hydrogens (tertiary/aromatic N) is 1. The quantitative estimate of drug-likeness (QED) is 0.710. The van der Waals surface area contributed by atoms with Crippen molar-refractivity contribution in [1.29, 1.82) is 0 Å². The van der Waals surface area contributed by atoms with Gasteiger partial charge in [0.05, 0.1) is 5.89 Å². The van der Waals surface area contributed by atoms with E-state index in [0.29, 0.717) is 10.5 Å². The van der Waals surface area contributed by atoms with Gasteiger partial charge < -0.3 is 4.74 Å². The molecule has 2 rings (SSSR count). The summed E-state index contributed by atoms with van der Waals surface area (Å²) in [5.41, 5.74) is -0.399. The molecule has 22 heavy (non-hydrogen) atoms. The number of carbonyl (C=O) groups is 3. The van der Waals surface area contributed by atoms with E-state index < -0.39 is 29.4 Å². The molecule has 0 bridgehead atoms. The zero-order valence-electron chi connectivity index (χ0n) is 13.7. The molecule has 3 amide bonds. The lowest BCUT2D eigenvalue weighted by molar-refractivity contribution is -0.147. The molecule has 1 saturated heterocycles. The highest BCUT2D eigenvalue weighted by Gasteiger charge is 2.41. The number of amides is 3. The second-order valence-corrected chi connectivity index (χ2v) is 6.92. The molecule has 6 heteroatoms. The Morgan fingerprint density at radius 2 is 1.91 bits per heavy atom. The van der Waals surface area contributed by atoms with Gasteiger partial charge in [-0.2, -0.15) is 4.90 Å². The Kier molecular flexibility index (Phi) is 4.29. The topological polar surface area (TPSA) is 63.7 Å². The number of likely N-dealkylation sites (tertiary alicyclic amines) is 1. The van der Waals surface area contributed by atoms with Gasteiger partial charge in [0.1, 0.15) is 5.60 Å². The molecule has 1 aliphatic rings. The summed E-state index contributed by atoms with van der Waals surface area (Å²) in [5.74, 6) is -3.18. The van der Waals surface area contributed by atoms with Crippen molar-refractivity contribution in [3.8, 4) is 0 Å². The monoisotopic (exact) mass is 368 g/mol. The van der Waals surface area contributed by atoms with Gasteiger partial charge in [-0.25, -0.2) is 4.79 Å². The molecule has 118 valence electrons. The van der Waals surface area contributed by atoms with Crippen LogP contribution in [-0.4, -0.2) is 28.4 Å². The number of benzene rings is 1. The second kappa shape index (κ2) is 6.20. The SMILES string of the molecule is [2H]C1(c2ccc(Br)cc2)CCC(=O)N(C(=O)OC(C)(C)C)C1=O. The Balaban J connectivity index is 2.35. The van der Waals surface area contributed by atoms with Crippen LogP contribution in [0.5, 0.6) is 0 Å². The third-order valence-corrected chi connectivity index (χ3v) is 3.60. The number of rotatable bonds is 1. The predicted molar refractivity (Wildman–Crippen MR) is 84.2 cm³/mol. The van der Waals surface area contributed by atoms with Gasteiger partial charge in [-0.3, -0.25) is 9.59 Å². The first-order chi connectivity index (χ1) is 10.5.